The van der Waals surface area contributed by atoms with E-state index in [0.29, 0.717) is 11.3 Å². The Morgan fingerprint density at radius 3 is 2.71 bits per heavy atom. The molecule has 4 nitrogen and oxygen atoms in total. The number of ether oxygens (including phenoxy) is 2. The van der Waals surface area contributed by atoms with Crippen molar-refractivity contribution in [1.29, 1.82) is 0 Å². The summed E-state index contributed by atoms with van der Waals surface area (Å²) in [6.45, 7) is 0. The van der Waals surface area contributed by atoms with Crippen molar-refractivity contribution in [2.75, 3.05) is 7.11 Å². The van der Waals surface area contributed by atoms with Gasteiger partial charge in [0.15, 0.2) is 5.70 Å². The summed E-state index contributed by atoms with van der Waals surface area (Å²) in [5.41, 5.74) is 0.831. The molecule has 1 aliphatic heterocycles. The number of halogens is 3. The summed E-state index contributed by atoms with van der Waals surface area (Å²) in [6, 6.07) is 9.58. The Labute approximate surface area is 154 Å². The van der Waals surface area contributed by atoms with Crippen LogP contribution in [-0.4, -0.2) is 19.0 Å². The van der Waals surface area contributed by atoms with Gasteiger partial charge in [0, 0.05) is 10.0 Å². The van der Waals surface area contributed by atoms with Crippen molar-refractivity contribution < 1.29 is 18.7 Å². The molecule has 0 aliphatic carbocycles. The number of benzene rings is 2. The summed E-state index contributed by atoms with van der Waals surface area (Å²) in [6.07, 6.45) is 1.53. The third-order valence-corrected chi connectivity index (χ3v) is 4.31. The van der Waals surface area contributed by atoms with Crippen LogP contribution in [0.3, 0.4) is 0 Å². The maximum Gasteiger partial charge on any atom is 0.363 e. The Hall–Kier alpha value is -1.99. The van der Waals surface area contributed by atoms with Crippen LogP contribution in [0.5, 0.6) is 5.75 Å². The number of hydrogen-bond acceptors (Lipinski definition) is 4. The number of aliphatic imine (C=N–C) groups is 1. The summed E-state index contributed by atoms with van der Waals surface area (Å²) in [5, 5.41) is 0. The third kappa shape index (κ3) is 3.27. The van der Waals surface area contributed by atoms with Crippen LogP contribution in [0, 0.1) is 5.82 Å². The number of nitrogens with zero attached hydrogens (tertiary/aromatic N) is 1. The van der Waals surface area contributed by atoms with Crippen LogP contribution in [-0.2, 0) is 9.53 Å². The van der Waals surface area contributed by atoms with Crippen molar-refractivity contribution >= 4 is 49.8 Å². The molecule has 24 heavy (non-hydrogen) atoms. The first-order valence-corrected chi connectivity index (χ1v) is 8.38. The molecule has 0 aromatic heterocycles. The minimum atomic E-state index is -0.647. The highest BCUT2D eigenvalue weighted by Gasteiger charge is 2.26. The average Bonchev–Trinajstić information content (AvgIpc) is 2.88. The molecule has 0 N–H and O–H groups in total. The first-order chi connectivity index (χ1) is 11.5. The zero-order valence-electron chi connectivity index (χ0n) is 12.3. The number of hydrogen-bond donors (Lipinski definition) is 0. The molecule has 2 aromatic rings. The molecular weight excluding hydrogens is 445 g/mol. The SMILES string of the molecule is COc1c(Br)cc(Br)cc1C=C1N=C(c2ccccc2F)OC1=O. The summed E-state index contributed by atoms with van der Waals surface area (Å²) in [5.74, 6) is -0.662. The maximum absolute atomic E-state index is 13.8. The fourth-order valence-corrected chi connectivity index (χ4v) is 3.63. The summed E-state index contributed by atoms with van der Waals surface area (Å²) >= 11 is 6.78. The molecule has 0 atom stereocenters. The molecule has 0 fully saturated rings. The van der Waals surface area contributed by atoms with Crippen LogP contribution in [0.15, 0.2) is 56.0 Å². The zero-order chi connectivity index (χ0) is 17.3. The Morgan fingerprint density at radius 2 is 2.00 bits per heavy atom. The van der Waals surface area contributed by atoms with E-state index in [9.17, 15) is 9.18 Å². The smallest absolute Gasteiger partial charge is 0.363 e. The standard InChI is InChI=1S/C17H10Br2FNO3/c1-23-15-9(6-10(18)8-12(15)19)7-14-17(22)24-16(21-14)11-4-2-3-5-13(11)20/h2-8H,1H3. The molecule has 122 valence electrons. The largest absolute Gasteiger partial charge is 0.495 e. The second kappa shape index (κ2) is 6.86. The quantitative estimate of drug-likeness (QED) is 0.498. The zero-order valence-corrected chi connectivity index (χ0v) is 15.5. The van der Waals surface area contributed by atoms with Gasteiger partial charge < -0.3 is 9.47 Å². The second-order valence-electron chi connectivity index (χ2n) is 4.83. The van der Waals surface area contributed by atoms with E-state index in [4.69, 9.17) is 9.47 Å². The van der Waals surface area contributed by atoms with Gasteiger partial charge in [-0.15, -0.1) is 0 Å². The first kappa shape index (κ1) is 16.9. The van der Waals surface area contributed by atoms with Crippen molar-refractivity contribution in [3.05, 3.63) is 68.0 Å². The van der Waals surface area contributed by atoms with Crippen LogP contribution in [0.1, 0.15) is 11.1 Å². The predicted molar refractivity (Wildman–Crippen MR) is 95.4 cm³/mol. The van der Waals surface area contributed by atoms with Crippen LogP contribution in [0.4, 0.5) is 4.39 Å². The van der Waals surface area contributed by atoms with Gasteiger partial charge in [0.1, 0.15) is 11.6 Å². The van der Waals surface area contributed by atoms with E-state index in [1.54, 1.807) is 18.2 Å². The van der Waals surface area contributed by atoms with Gasteiger partial charge in [-0.2, -0.15) is 0 Å². The van der Waals surface area contributed by atoms with E-state index in [-0.39, 0.29) is 17.2 Å². The molecule has 1 aliphatic rings. The van der Waals surface area contributed by atoms with Crippen LogP contribution < -0.4 is 4.74 Å². The van der Waals surface area contributed by atoms with Crippen LogP contribution in [0.25, 0.3) is 6.08 Å². The van der Waals surface area contributed by atoms with Gasteiger partial charge in [0.25, 0.3) is 0 Å². The van der Waals surface area contributed by atoms with Gasteiger partial charge >= 0.3 is 5.97 Å². The van der Waals surface area contributed by atoms with Crippen LogP contribution >= 0.6 is 31.9 Å². The molecule has 1 heterocycles. The highest BCUT2D eigenvalue weighted by Crippen LogP contribution is 2.34. The molecule has 0 bridgehead atoms. The second-order valence-corrected chi connectivity index (χ2v) is 6.60. The molecule has 0 radical (unpaired) electrons. The van der Waals surface area contributed by atoms with Crippen molar-refractivity contribution in [1.82, 2.24) is 0 Å². The molecule has 0 saturated carbocycles. The third-order valence-electron chi connectivity index (χ3n) is 3.26. The maximum atomic E-state index is 13.8. The molecular formula is C17H10Br2FNO3. The highest BCUT2D eigenvalue weighted by molar-refractivity contribution is 9.11. The highest BCUT2D eigenvalue weighted by atomic mass is 79.9. The summed E-state index contributed by atoms with van der Waals surface area (Å²) in [4.78, 5) is 16.2. The van der Waals surface area contributed by atoms with Gasteiger partial charge in [0.05, 0.1) is 17.1 Å². The van der Waals surface area contributed by atoms with E-state index < -0.39 is 11.8 Å². The Balaban J connectivity index is 2.06. The van der Waals surface area contributed by atoms with E-state index >= 15 is 0 Å². The molecule has 0 spiro atoms. The Kier molecular flexibility index (Phi) is 4.82. The lowest BCUT2D eigenvalue weighted by atomic mass is 10.1. The molecule has 2 aromatic carbocycles. The van der Waals surface area contributed by atoms with E-state index in [1.807, 2.05) is 6.07 Å². The average molecular weight is 455 g/mol. The topological polar surface area (TPSA) is 47.9 Å². The minimum Gasteiger partial charge on any atom is -0.495 e. The van der Waals surface area contributed by atoms with E-state index in [2.05, 4.69) is 36.9 Å². The Morgan fingerprint density at radius 1 is 1.25 bits per heavy atom. The monoisotopic (exact) mass is 453 g/mol. The molecule has 7 heteroatoms. The fourth-order valence-electron chi connectivity index (χ4n) is 2.21. The number of methoxy groups -OCH3 is 1. The van der Waals surface area contributed by atoms with E-state index in [1.165, 1.54) is 25.3 Å². The van der Waals surface area contributed by atoms with Crippen LogP contribution in [0.2, 0.25) is 0 Å². The fraction of sp³-hybridized carbons (Fsp3) is 0.0588. The Bertz CT molecular complexity index is 893. The van der Waals surface area contributed by atoms with E-state index in [0.717, 1.165) is 8.95 Å². The number of cyclic esters (lactones) is 1. The minimum absolute atomic E-state index is 0.0580. The van der Waals surface area contributed by atoms with Gasteiger partial charge in [-0.25, -0.2) is 14.2 Å². The number of carbonyl (C=O) groups is 1. The van der Waals surface area contributed by atoms with Crippen molar-refractivity contribution in [2.45, 2.75) is 0 Å². The van der Waals surface area contributed by atoms with Gasteiger partial charge in [-0.05, 0) is 46.3 Å². The van der Waals surface area contributed by atoms with Crippen molar-refractivity contribution in [3.8, 4) is 5.75 Å². The number of esters is 1. The van der Waals surface area contributed by atoms with Gasteiger partial charge in [-0.3, -0.25) is 0 Å². The normalized spacial score (nSPS) is 15.4. The number of carbonyl (C=O) groups excluding carboxylic acids is 1. The lowest BCUT2D eigenvalue weighted by Gasteiger charge is -2.08. The van der Waals surface area contributed by atoms with Gasteiger partial charge in [0.2, 0.25) is 5.90 Å². The van der Waals surface area contributed by atoms with Gasteiger partial charge in [-0.1, -0.05) is 28.1 Å². The van der Waals surface area contributed by atoms with Crippen molar-refractivity contribution in [2.24, 2.45) is 4.99 Å². The first-order valence-electron chi connectivity index (χ1n) is 6.80. The lowest BCUT2D eigenvalue weighted by molar-refractivity contribution is -0.129. The number of rotatable bonds is 3. The summed E-state index contributed by atoms with van der Waals surface area (Å²) in [7, 11) is 1.52. The molecule has 3 rings (SSSR count). The molecule has 0 unspecified atom stereocenters. The predicted octanol–water partition coefficient (Wildman–Crippen LogP) is 4.70. The molecule has 0 saturated heterocycles. The molecule has 0 amide bonds. The van der Waals surface area contributed by atoms with Crippen molar-refractivity contribution in [3.63, 3.8) is 0 Å². The summed E-state index contributed by atoms with van der Waals surface area (Å²) < 4.78 is 25.8. The lowest BCUT2D eigenvalue weighted by Crippen LogP contribution is -2.07.